The third kappa shape index (κ3) is 1.95. The number of fused-ring (bicyclic) bond motifs is 1. The molecule has 0 amide bonds. The maximum atomic E-state index is 10.9. The molecule has 92 valence electrons. The Morgan fingerprint density at radius 3 is 2.83 bits per heavy atom. The largest absolute Gasteiger partial charge is 0.378 e. The van der Waals surface area contributed by atoms with E-state index < -0.39 is 0 Å². The first-order chi connectivity index (χ1) is 8.88. The molecule has 18 heavy (non-hydrogen) atoms. The molecule has 1 aromatic heterocycles. The Hall–Kier alpha value is -1.94. The number of morpholine rings is 1. The molecule has 1 aliphatic heterocycles. The minimum atomic E-state index is 0.685. The molecule has 0 saturated carbocycles. The number of hydrogen-bond acceptors (Lipinski definition) is 4. The minimum absolute atomic E-state index is 0.685. The summed E-state index contributed by atoms with van der Waals surface area (Å²) in [6, 6.07) is 7.59. The number of hydrogen-bond donors (Lipinski definition) is 0. The highest BCUT2D eigenvalue weighted by molar-refractivity contribution is 5.95. The lowest BCUT2D eigenvalue weighted by Gasteiger charge is -2.29. The zero-order valence-electron chi connectivity index (χ0n) is 10.0. The molecule has 4 heteroatoms. The second-order valence-corrected chi connectivity index (χ2v) is 4.32. The Labute approximate surface area is 105 Å². The van der Waals surface area contributed by atoms with Gasteiger partial charge in [0.15, 0.2) is 0 Å². The lowest BCUT2D eigenvalue weighted by Crippen LogP contribution is -2.36. The predicted octanol–water partition coefficient (Wildman–Crippen LogP) is 1.88. The standard InChI is InChI=1S/C14H14N2O2/c17-10-11-1-2-13-12(9-11)14(3-4-15-13)16-5-7-18-8-6-16/h1-4,9-10H,5-8H2. The first kappa shape index (κ1) is 11.2. The van der Waals surface area contributed by atoms with E-state index in [1.54, 1.807) is 6.07 Å². The van der Waals surface area contributed by atoms with Gasteiger partial charge in [-0.05, 0) is 24.3 Å². The number of rotatable bonds is 2. The van der Waals surface area contributed by atoms with Crippen LogP contribution in [0.25, 0.3) is 10.9 Å². The van der Waals surface area contributed by atoms with Gasteiger partial charge < -0.3 is 9.64 Å². The van der Waals surface area contributed by atoms with Crippen LogP contribution in [0.3, 0.4) is 0 Å². The summed E-state index contributed by atoms with van der Waals surface area (Å²) in [6.07, 6.45) is 2.68. The van der Waals surface area contributed by atoms with Crippen LogP contribution in [0.1, 0.15) is 10.4 Å². The van der Waals surface area contributed by atoms with Gasteiger partial charge in [-0.25, -0.2) is 0 Å². The van der Waals surface area contributed by atoms with Gasteiger partial charge in [0.25, 0.3) is 0 Å². The third-order valence-corrected chi connectivity index (χ3v) is 3.23. The van der Waals surface area contributed by atoms with Crippen molar-refractivity contribution in [1.82, 2.24) is 4.98 Å². The number of aromatic nitrogens is 1. The smallest absolute Gasteiger partial charge is 0.150 e. The second-order valence-electron chi connectivity index (χ2n) is 4.32. The molecule has 1 aromatic carbocycles. The van der Waals surface area contributed by atoms with Crippen LogP contribution in [0.4, 0.5) is 5.69 Å². The average Bonchev–Trinajstić information content (AvgIpc) is 2.47. The van der Waals surface area contributed by atoms with Crippen LogP contribution in [0.2, 0.25) is 0 Å². The molecule has 3 rings (SSSR count). The topological polar surface area (TPSA) is 42.4 Å². The Kier molecular flexibility index (Phi) is 2.94. The van der Waals surface area contributed by atoms with Crippen LogP contribution in [0.15, 0.2) is 30.5 Å². The van der Waals surface area contributed by atoms with E-state index in [0.29, 0.717) is 5.56 Å². The van der Waals surface area contributed by atoms with Crippen LogP contribution in [-0.4, -0.2) is 37.6 Å². The fourth-order valence-electron chi connectivity index (χ4n) is 2.30. The Morgan fingerprint density at radius 2 is 2.06 bits per heavy atom. The van der Waals surface area contributed by atoms with Crippen molar-refractivity contribution in [3.05, 3.63) is 36.0 Å². The molecular formula is C14H14N2O2. The van der Waals surface area contributed by atoms with E-state index in [-0.39, 0.29) is 0 Å². The Bertz CT molecular complexity index is 577. The predicted molar refractivity (Wildman–Crippen MR) is 70.2 cm³/mol. The van der Waals surface area contributed by atoms with Gasteiger partial charge in [-0.15, -0.1) is 0 Å². The van der Waals surface area contributed by atoms with Crippen molar-refractivity contribution in [3.63, 3.8) is 0 Å². The lowest BCUT2D eigenvalue weighted by molar-refractivity contribution is 0.112. The zero-order chi connectivity index (χ0) is 12.4. The highest BCUT2D eigenvalue weighted by Crippen LogP contribution is 2.26. The maximum absolute atomic E-state index is 10.9. The van der Waals surface area contributed by atoms with Gasteiger partial charge in [-0.2, -0.15) is 0 Å². The maximum Gasteiger partial charge on any atom is 0.150 e. The number of pyridine rings is 1. The summed E-state index contributed by atoms with van der Waals surface area (Å²) >= 11 is 0. The summed E-state index contributed by atoms with van der Waals surface area (Å²) in [5.41, 5.74) is 2.74. The van der Waals surface area contributed by atoms with E-state index in [2.05, 4.69) is 9.88 Å². The summed E-state index contributed by atoms with van der Waals surface area (Å²) in [4.78, 5) is 17.5. The third-order valence-electron chi connectivity index (χ3n) is 3.23. The number of carbonyl (C=O) groups is 1. The van der Waals surface area contributed by atoms with Crippen molar-refractivity contribution >= 4 is 22.9 Å². The molecule has 0 spiro atoms. The quantitative estimate of drug-likeness (QED) is 0.754. The number of benzene rings is 1. The van der Waals surface area contributed by atoms with E-state index >= 15 is 0 Å². The summed E-state index contributed by atoms with van der Waals surface area (Å²) < 4.78 is 5.36. The van der Waals surface area contributed by atoms with Crippen molar-refractivity contribution < 1.29 is 9.53 Å². The van der Waals surface area contributed by atoms with Gasteiger partial charge >= 0.3 is 0 Å². The van der Waals surface area contributed by atoms with E-state index in [4.69, 9.17) is 4.74 Å². The fraction of sp³-hybridized carbons (Fsp3) is 0.286. The van der Waals surface area contributed by atoms with E-state index in [1.807, 2.05) is 24.4 Å². The fourth-order valence-corrected chi connectivity index (χ4v) is 2.30. The first-order valence-electron chi connectivity index (χ1n) is 6.05. The van der Waals surface area contributed by atoms with Crippen LogP contribution < -0.4 is 4.90 Å². The van der Waals surface area contributed by atoms with Crippen LogP contribution >= 0.6 is 0 Å². The Balaban J connectivity index is 2.11. The van der Waals surface area contributed by atoms with E-state index in [1.165, 1.54) is 0 Å². The number of carbonyl (C=O) groups excluding carboxylic acids is 1. The number of ether oxygens (including phenoxy) is 1. The van der Waals surface area contributed by atoms with Crippen molar-refractivity contribution in [2.24, 2.45) is 0 Å². The first-order valence-corrected chi connectivity index (χ1v) is 6.05. The number of aldehydes is 1. The second kappa shape index (κ2) is 4.74. The van der Waals surface area contributed by atoms with Crippen LogP contribution in [-0.2, 0) is 4.74 Å². The molecule has 1 fully saturated rings. The molecule has 1 aliphatic rings. The molecule has 2 aromatic rings. The van der Waals surface area contributed by atoms with Gasteiger partial charge in [0.1, 0.15) is 6.29 Å². The molecule has 0 unspecified atom stereocenters. The summed E-state index contributed by atoms with van der Waals surface area (Å²) in [6.45, 7) is 3.25. The molecule has 0 atom stereocenters. The summed E-state index contributed by atoms with van der Waals surface area (Å²) in [5, 5.41) is 1.03. The monoisotopic (exact) mass is 242 g/mol. The molecule has 0 N–H and O–H groups in total. The van der Waals surface area contributed by atoms with Gasteiger partial charge in [0, 0.05) is 35.9 Å². The number of nitrogens with zero attached hydrogens (tertiary/aromatic N) is 2. The average molecular weight is 242 g/mol. The summed E-state index contributed by atoms with van der Waals surface area (Å²) in [7, 11) is 0. The highest BCUT2D eigenvalue weighted by atomic mass is 16.5. The molecule has 0 bridgehead atoms. The molecular weight excluding hydrogens is 228 g/mol. The molecule has 1 saturated heterocycles. The highest BCUT2D eigenvalue weighted by Gasteiger charge is 2.14. The van der Waals surface area contributed by atoms with Crippen molar-refractivity contribution in [3.8, 4) is 0 Å². The summed E-state index contributed by atoms with van der Waals surface area (Å²) in [5.74, 6) is 0. The van der Waals surface area contributed by atoms with Crippen molar-refractivity contribution in [1.29, 1.82) is 0 Å². The normalized spacial score (nSPS) is 15.9. The molecule has 0 radical (unpaired) electrons. The minimum Gasteiger partial charge on any atom is -0.378 e. The van der Waals surface area contributed by atoms with Crippen LogP contribution in [0, 0.1) is 0 Å². The Morgan fingerprint density at radius 1 is 1.22 bits per heavy atom. The zero-order valence-corrected chi connectivity index (χ0v) is 10.0. The number of anilines is 1. The van der Waals surface area contributed by atoms with Gasteiger partial charge in [0.05, 0.1) is 18.7 Å². The van der Waals surface area contributed by atoms with Gasteiger partial charge in [0.2, 0.25) is 0 Å². The molecule has 2 heterocycles. The lowest BCUT2D eigenvalue weighted by atomic mass is 10.1. The van der Waals surface area contributed by atoms with Gasteiger partial charge in [-0.3, -0.25) is 9.78 Å². The van der Waals surface area contributed by atoms with Crippen molar-refractivity contribution in [2.75, 3.05) is 31.2 Å². The van der Waals surface area contributed by atoms with Gasteiger partial charge in [-0.1, -0.05) is 0 Å². The van der Waals surface area contributed by atoms with Crippen LogP contribution in [0.5, 0.6) is 0 Å². The molecule has 4 nitrogen and oxygen atoms in total. The SMILES string of the molecule is O=Cc1ccc2nccc(N3CCOCC3)c2c1. The van der Waals surface area contributed by atoms with E-state index in [9.17, 15) is 4.79 Å². The van der Waals surface area contributed by atoms with E-state index in [0.717, 1.165) is 49.2 Å². The molecule has 0 aliphatic carbocycles. The van der Waals surface area contributed by atoms with Crippen molar-refractivity contribution in [2.45, 2.75) is 0 Å².